The number of carbonyl (C=O) groups excluding carboxylic acids is 1. The number of hydrogen-bond acceptors (Lipinski definition) is 4. The summed E-state index contributed by atoms with van der Waals surface area (Å²) in [5.74, 6) is 0.539. The lowest BCUT2D eigenvalue weighted by Gasteiger charge is -2.33. The van der Waals surface area contributed by atoms with Crippen LogP contribution in [0.3, 0.4) is 0 Å². The standard InChI is InChI=1S/C12H25N3O2/c1-14-6-4-5-10(7-14)8-15(2)12(16)11(13)9-17-3/h10-11H,4-9,13H2,1-3H3. The molecule has 2 unspecified atom stereocenters. The predicted molar refractivity (Wildman–Crippen MR) is 67.7 cm³/mol. The summed E-state index contributed by atoms with van der Waals surface area (Å²) in [5.41, 5.74) is 5.73. The monoisotopic (exact) mass is 243 g/mol. The fourth-order valence-corrected chi connectivity index (χ4v) is 2.43. The molecule has 1 fully saturated rings. The fourth-order valence-electron chi connectivity index (χ4n) is 2.43. The van der Waals surface area contributed by atoms with Gasteiger partial charge in [-0.05, 0) is 32.4 Å². The number of rotatable bonds is 5. The van der Waals surface area contributed by atoms with Gasteiger partial charge in [-0.25, -0.2) is 0 Å². The maximum atomic E-state index is 11.9. The molecule has 0 spiro atoms. The molecule has 1 saturated heterocycles. The number of amides is 1. The van der Waals surface area contributed by atoms with Crippen molar-refractivity contribution in [1.29, 1.82) is 0 Å². The molecule has 0 saturated carbocycles. The van der Waals surface area contributed by atoms with Crippen LogP contribution in [-0.4, -0.2) is 69.2 Å². The first-order valence-electron chi connectivity index (χ1n) is 6.22. The summed E-state index contributed by atoms with van der Waals surface area (Å²) in [6.45, 7) is 3.31. The molecule has 0 aromatic rings. The third kappa shape index (κ3) is 4.61. The van der Waals surface area contributed by atoms with Gasteiger partial charge in [0.25, 0.3) is 0 Å². The first-order chi connectivity index (χ1) is 8.04. The van der Waals surface area contributed by atoms with E-state index in [1.807, 2.05) is 7.05 Å². The van der Waals surface area contributed by atoms with Crippen molar-refractivity contribution in [2.45, 2.75) is 18.9 Å². The van der Waals surface area contributed by atoms with Gasteiger partial charge in [-0.2, -0.15) is 0 Å². The van der Waals surface area contributed by atoms with E-state index in [1.165, 1.54) is 12.8 Å². The van der Waals surface area contributed by atoms with E-state index in [0.717, 1.165) is 19.6 Å². The van der Waals surface area contributed by atoms with Crippen LogP contribution in [0.2, 0.25) is 0 Å². The van der Waals surface area contributed by atoms with E-state index in [4.69, 9.17) is 10.5 Å². The number of hydrogen-bond donors (Lipinski definition) is 1. The molecule has 100 valence electrons. The zero-order valence-corrected chi connectivity index (χ0v) is 11.2. The van der Waals surface area contributed by atoms with E-state index in [-0.39, 0.29) is 12.5 Å². The number of piperidine rings is 1. The zero-order valence-electron chi connectivity index (χ0n) is 11.2. The van der Waals surface area contributed by atoms with Crippen molar-refractivity contribution in [3.8, 4) is 0 Å². The highest BCUT2D eigenvalue weighted by Crippen LogP contribution is 2.16. The number of ether oxygens (including phenoxy) is 1. The van der Waals surface area contributed by atoms with Crippen LogP contribution in [-0.2, 0) is 9.53 Å². The Bertz CT molecular complexity index is 248. The lowest BCUT2D eigenvalue weighted by Crippen LogP contribution is -2.47. The number of likely N-dealkylation sites (N-methyl/N-ethyl adjacent to an activating group) is 1. The highest BCUT2D eigenvalue weighted by atomic mass is 16.5. The van der Waals surface area contributed by atoms with Crippen molar-refractivity contribution in [2.24, 2.45) is 11.7 Å². The first kappa shape index (κ1) is 14.4. The zero-order chi connectivity index (χ0) is 12.8. The second-order valence-corrected chi connectivity index (χ2v) is 5.05. The summed E-state index contributed by atoms with van der Waals surface area (Å²) >= 11 is 0. The van der Waals surface area contributed by atoms with Gasteiger partial charge in [0, 0.05) is 27.2 Å². The minimum absolute atomic E-state index is 0.0277. The van der Waals surface area contributed by atoms with E-state index in [9.17, 15) is 4.79 Å². The van der Waals surface area contributed by atoms with Crippen molar-refractivity contribution in [3.63, 3.8) is 0 Å². The van der Waals surface area contributed by atoms with Crippen LogP contribution in [0.4, 0.5) is 0 Å². The Kier molecular flexibility index (Phi) is 5.88. The van der Waals surface area contributed by atoms with Crippen molar-refractivity contribution >= 4 is 5.91 Å². The SMILES string of the molecule is COCC(N)C(=O)N(C)CC1CCCN(C)C1. The average Bonchev–Trinajstić information content (AvgIpc) is 2.28. The molecule has 5 nitrogen and oxygen atoms in total. The molecule has 5 heteroatoms. The van der Waals surface area contributed by atoms with Gasteiger partial charge in [-0.15, -0.1) is 0 Å². The van der Waals surface area contributed by atoms with Gasteiger partial charge >= 0.3 is 0 Å². The molecule has 1 amide bonds. The Balaban J connectivity index is 2.37. The van der Waals surface area contributed by atoms with Crippen molar-refractivity contribution in [3.05, 3.63) is 0 Å². The largest absolute Gasteiger partial charge is 0.383 e. The Morgan fingerprint density at radius 2 is 2.35 bits per heavy atom. The third-order valence-electron chi connectivity index (χ3n) is 3.29. The highest BCUT2D eigenvalue weighted by Gasteiger charge is 2.23. The van der Waals surface area contributed by atoms with Gasteiger partial charge in [-0.3, -0.25) is 4.79 Å². The van der Waals surface area contributed by atoms with Gasteiger partial charge in [0.2, 0.25) is 5.91 Å². The summed E-state index contributed by atoms with van der Waals surface area (Å²) in [7, 11) is 5.51. The second kappa shape index (κ2) is 6.93. The van der Waals surface area contributed by atoms with Crippen LogP contribution in [0, 0.1) is 5.92 Å². The second-order valence-electron chi connectivity index (χ2n) is 5.05. The highest BCUT2D eigenvalue weighted by molar-refractivity contribution is 5.81. The van der Waals surface area contributed by atoms with Crippen LogP contribution >= 0.6 is 0 Å². The van der Waals surface area contributed by atoms with Crippen molar-refractivity contribution < 1.29 is 9.53 Å². The van der Waals surface area contributed by atoms with Crippen LogP contribution in [0.25, 0.3) is 0 Å². The van der Waals surface area contributed by atoms with E-state index < -0.39 is 6.04 Å². The van der Waals surface area contributed by atoms with E-state index >= 15 is 0 Å². The van der Waals surface area contributed by atoms with E-state index in [0.29, 0.717) is 5.92 Å². The molecule has 0 aromatic carbocycles. The summed E-state index contributed by atoms with van der Waals surface area (Å²) in [4.78, 5) is 16.0. The summed E-state index contributed by atoms with van der Waals surface area (Å²) in [6.07, 6.45) is 2.41. The van der Waals surface area contributed by atoms with Crippen LogP contribution in [0.5, 0.6) is 0 Å². The van der Waals surface area contributed by atoms with Gasteiger partial charge in [0.15, 0.2) is 0 Å². The summed E-state index contributed by atoms with van der Waals surface area (Å²) < 4.78 is 4.90. The van der Waals surface area contributed by atoms with E-state index in [2.05, 4.69) is 11.9 Å². The maximum absolute atomic E-state index is 11.9. The molecule has 0 aliphatic carbocycles. The minimum atomic E-state index is -0.536. The molecule has 2 N–H and O–H groups in total. The quantitative estimate of drug-likeness (QED) is 0.724. The molecule has 1 aliphatic heterocycles. The number of nitrogens with two attached hydrogens (primary N) is 1. The minimum Gasteiger partial charge on any atom is -0.383 e. The van der Waals surface area contributed by atoms with Crippen molar-refractivity contribution in [2.75, 3.05) is 47.4 Å². The summed E-state index contributed by atoms with van der Waals surface area (Å²) in [5, 5.41) is 0. The van der Waals surface area contributed by atoms with E-state index in [1.54, 1.807) is 12.0 Å². The Hall–Kier alpha value is -0.650. The molecule has 0 bridgehead atoms. The molecule has 0 aromatic heterocycles. The predicted octanol–water partition coefficient (Wildman–Crippen LogP) is -0.240. The molecule has 0 radical (unpaired) electrons. The Morgan fingerprint density at radius 1 is 1.65 bits per heavy atom. The molecule has 1 rings (SSSR count). The van der Waals surface area contributed by atoms with Crippen molar-refractivity contribution in [1.82, 2.24) is 9.80 Å². The molecule has 2 atom stereocenters. The average molecular weight is 243 g/mol. The maximum Gasteiger partial charge on any atom is 0.241 e. The molecule has 17 heavy (non-hydrogen) atoms. The summed E-state index contributed by atoms with van der Waals surface area (Å²) in [6, 6.07) is -0.536. The molecule has 1 aliphatic rings. The normalized spacial score (nSPS) is 23.4. The smallest absolute Gasteiger partial charge is 0.241 e. The van der Waals surface area contributed by atoms with Crippen LogP contribution < -0.4 is 5.73 Å². The fraction of sp³-hybridized carbons (Fsp3) is 0.917. The third-order valence-corrected chi connectivity index (χ3v) is 3.29. The lowest BCUT2D eigenvalue weighted by molar-refractivity contribution is -0.133. The van der Waals surface area contributed by atoms with Gasteiger partial charge < -0.3 is 20.3 Å². The molecule has 1 heterocycles. The van der Waals surface area contributed by atoms with Gasteiger partial charge in [-0.1, -0.05) is 0 Å². The number of nitrogens with zero attached hydrogens (tertiary/aromatic N) is 2. The van der Waals surface area contributed by atoms with Crippen LogP contribution in [0.1, 0.15) is 12.8 Å². The number of methoxy groups -OCH3 is 1. The van der Waals surface area contributed by atoms with Gasteiger partial charge in [0.1, 0.15) is 6.04 Å². The number of likely N-dealkylation sites (tertiary alicyclic amines) is 1. The van der Waals surface area contributed by atoms with Crippen LogP contribution in [0.15, 0.2) is 0 Å². The lowest BCUT2D eigenvalue weighted by atomic mass is 9.98. The molecular formula is C12H25N3O2. The first-order valence-corrected chi connectivity index (χ1v) is 6.22. The topological polar surface area (TPSA) is 58.8 Å². The number of carbonyl (C=O) groups is 1. The Labute approximate surface area is 104 Å². The molecular weight excluding hydrogens is 218 g/mol. The van der Waals surface area contributed by atoms with Gasteiger partial charge in [0.05, 0.1) is 6.61 Å². The Morgan fingerprint density at radius 3 is 2.94 bits per heavy atom.